The van der Waals surface area contributed by atoms with Crippen LogP contribution in [0.4, 0.5) is 11.8 Å². The molecule has 0 unspecified atom stereocenters. The molecule has 1 saturated heterocycles. The summed E-state index contributed by atoms with van der Waals surface area (Å²) >= 11 is 5.10. The molecular formula is C13H18BrN7S. The molecule has 1 fully saturated rings. The molecule has 3 rings (SSSR count). The van der Waals surface area contributed by atoms with Gasteiger partial charge in [0, 0.05) is 32.3 Å². The molecule has 2 aromatic rings. The maximum atomic E-state index is 5.77. The normalized spacial score (nSPS) is 16.2. The van der Waals surface area contributed by atoms with Gasteiger partial charge in [-0.25, -0.2) is 9.97 Å². The van der Waals surface area contributed by atoms with Gasteiger partial charge >= 0.3 is 0 Å². The summed E-state index contributed by atoms with van der Waals surface area (Å²) in [6.07, 6.45) is 5.83. The fraction of sp³-hybridized carbons (Fsp3) is 0.538. The lowest BCUT2D eigenvalue weighted by Crippen LogP contribution is -2.34. The molecule has 3 heterocycles. The zero-order chi connectivity index (χ0) is 15.7. The van der Waals surface area contributed by atoms with Gasteiger partial charge in [-0.05, 0) is 35.0 Å². The van der Waals surface area contributed by atoms with Crippen molar-refractivity contribution in [2.75, 3.05) is 30.0 Å². The van der Waals surface area contributed by atoms with Gasteiger partial charge < -0.3 is 15.2 Å². The molecule has 0 saturated carbocycles. The third-order valence-corrected chi connectivity index (χ3v) is 5.11. The Hall–Kier alpha value is -1.35. The number of aromatic nitrogens is 5. The van der Waals surface area contributed by atoms with E-state index in [9.17, 15) is 0 Å². The molecule has 0 spiro atoms. The number of hydrogen-bond donors (Lipinski definition) is 1. The first-order chi connectivity index (χ1) is 10.6. The number of nitrogen functional groups attached to an aromatic ring is 1. The molecule has 2 aromatic heterocycles. The van der Waals surface area contributed by atoms with E-state index in [4.69, 9.17) is 5.73 Å². The van der Waals surface area contributed by atoms with Gasteiger partial charge in [0.2, 0.25) is 5.95 Å². The van der Waals surface area contributed by atoms with Crippen molar-refractivity contribution in [2.45, 2.75) is 23.9 Å². The van der Waals surface area contributed by atoms with Crippen molar-refractivity contribution in [3.8, 4) is 0 Å². The Kier molecular flexibility index (Phi) is 4.53. The van der Waals surface area contributed by atoms with Crippen LogP contribution < -0.4 is 10.6 Å². The standard InChI is InChI=1S/C13H18BrN7S/c1-20-10(18-19-12(20)15)8-3-5-21(6-4-8)11-9(14)7-16-13(17-11)22-2/h7-8H,3-6H2,1-2H3,(H2,15,19). The number of anilines is 2. The molecule has 0 bridgehead atoms. The smallest absolute Gasteiger partial charge is 0.221 e. The summed E-state index contributed by atoms with van der Waals surface area (Å²) in [5, 5.41) is 8.96. The molecule has 0 radical (unpaired) electrons. The van der Waals surface area contributed by atoms with E-state index < -0.39 is 0 Å². The summed E-state index contributed by atoms with van der Waals surface area (Å²) in [7, 11) is 1.92. The van der Waals surface area contributed by atoms with Gasteiger partial charge in [-0.1, -0.05) is 11.8 Å². The van der Waals surface area contributed by atoms with Crippen molar-refractivity contribution < 1.29 is 0 Å². The first kappa shape index (κ1) is 15.5. The first-order valence-electron chi connectivity index (χ1n) is 7.06. The van der Waals surface area contributed by atoms with Crippen LogP contribution in [0.25, 0.3) is 0 Å². The van der Waals surface area contributed by atoms with E-state index in [0.717, 1.165) is 47.2 Å². The van der Waals surface area contributed by atoms with E-state index >= 15 is 0 Å². The molecule has 0 atom stereocenters. The number of rotatable bonds is 3. The third-order valence-electron chi connectivity index (χ3n) is 3.99. The lowest BCUT2D eigenvalue weighted by Gasteiger charge is -2.32. The Morgan fingerprint density at radius 2 is 2.05 bits per heavy atom. The van der Waals surface area contributed by atoms with E-state index in [2.05, 4.69) is 41.0 Å². The lowest BCUT2D eigenvalue weighted by atomic mass is 9.96. The highest BCUT2D eigenvalue weighted by molar-refractivity contribution is 9.10. The number of halogens is 1. The van der Waals surface area contributed by atoms with Gasteiger partial charge in [-0.2, -0.15) is 0 Å². The van der Waals surface area contributed by atoms with Gasteiger partial charge in [-0.3, -0.25) is 0 Å². The van der Waals surface area contributed by atoms with Crippen LogP contribution in [0, 0.1) is 0 Å². The molecule has 0 amide bonds. The molecule has 2 N–H and O–H groups in total. The van der Waals surface area contributed by atoms with Gasteiger partial charge in [0.15, 0.2) is 5.16 Å². The number of nitrogens with two attached hydrogens (primary N) is 1. The minimum Gasteiger partial charge on any atom is -0.368 e. The van der Waals surface area contributed by atoms with E-state index in [1.165, 1.54) is 0 Å². The van der Waals surface area contributed by atoms with E-state index in [-0.39, 0.29) is 0 Å². The molecule has 22 heavy (non-hydrogen) atoms. The van der Waals surface area contributed by atoms with Gasteiger partial charge in [0.25, 0.3) is 0 Å². The van der Waals surface area contributed by atoms with Crippen LogP contribution in [0.15, 0.2) is 15.8 Å². The maximum absolute atomic E-state index is 5.77. The molecule has 9 heteroatoms. The predicted molar refractivity (Wildman–Crippen MR) is 91.1 cm³/mol. The van der Waals surface area contributed by atoms with Gasteiger partial charge in [0.05, 0.1) is 4.47 Å². The number of piperidine rings is 1. The van der Waals surface area contributed by atoms with Gasteiger partial charge in [0.1, 0.15) is 11.6 Å². The highest BCUT2D eigenvalue weighted by atomic mass is 79.9. The minimum absolute atomic E-state index is 0.395. The fourth-order valence-corrected chi connectivity index (χ4v) is 3.50. The van der Waals surface area contributed by atoms with Crippen LogP contribution in [-0.2, 0) is 7.05 Å². The zero-order valence-electron chi connectivity index (χ0n) is 12.5. The molecule has 0 aromatic carbocycles. The number of thioether (sulfide) groups is 1. The van der Waals surface area contributed by atoms with Crippen LogP contribution in [0.3, 0.4) is 0 Å². The van der Waals surface area contributed by atoms with Crippen molar-refractivity contribution in [1.29, 1.82) is 0 Å². The third kappa shape index (κ3) is 2.91. The lowest BCUT2D eigenvalue weighted by molar-refractivity contribution is 0.471. The van der Waals surface area contributed by atoms with E-state index in [1.807, 2.05) is 24.1 Å². The zero-order valence-corrected chi connectivity index (χ0v) is 14.9. The summed E-state index contributed by atoms with van der Waals surface area (Å²) in [4.78, 5) is 11.2. The van der Waals surface area contributed by atoms with Crippen molar-refractivity contribution >= 4 is 39.5 Å². The second kappa shape index (κ2) is 6.41. The number of hydrogen-bond acceptors (Lipinski definition) is 7. The van der Waals surface area contributed by atoms with Crippen LogP contribution in [0.2, 0.25) is 0 Å². The van der Waals surface area contributed by atoms with Crippen LogP contribution >= 0.6 is 27.7 Å². The summed E-state index contributed by atoms with van der Waals surface area (Å²) in [6.45, 7) is 1.86. The topological polar surface area (TPSA) is 85.8 Å². The predicted octanol–water partition coefficient (Wildman–Crippen LogP) is 2.06. The SMILES string of the molecule is CSc1ncc(Br)c(N2CCC(c3nnc(N)n3C)CC2)n1. The Morgan fingerprint density at radius 3 is 2.64 bits per heavy atom. The minimum atomic E-state index is 0.395. The Bertz CT molecular complexity index is 666. The molecule has 7 nitrogen and oxygen atoms in total. The van der Waals surface area contributed by atoms with E-state index in [1.54, 1.807) is 11.8 Å². The average molecular weight is 384 g/mol. The molecule has 0 aliphatic carbocycles. The summed E-state index contributed by atoms with van der Waals surface area (Å²) in [5.41, 5.74) is 5.77. The maximum Gasteiger partial charge on any atom is 0.221 e. The fourth-order valence-electron chi connectivity index (χ4n) is 2.72. The molecular weight excluding hydrogens is 366 g/mol. The quantitative estimate of drug-likeness (QED) is 0.640. The van der Waals surface area contributed by atoms with Crippen molar-refractivity contribution in [3.05, 3.63) is 16.5 Å². The van der Waals surface area contributed by atoms with E-state index in [0.29, 0.717) is 11.9 Å². The Labute approximate surface area is 141 Å². The highest BCUT2D eigenvalue weighted by Gasteiger charge is 2.26. The van der Waals surface area contributed by atoms with Crippen molar-refractivity contribution in [1.82, 2.24) is 24.7 Å². The Morgan fingerprint density at radius 1 is 1.32 bits per heavy atom. The van der Waals surface area contributed by atoms with Crippen LogP contribution in [0.5, 0.6) is 0 Å². The first-order valence-corrected chi connectivity index (χ1v) is 9.08. The van der Waals surface area contributed by atoms with Crippen LogP contribution in [0.1, 0.15) is 24.6 Å². The number of nitrogens with zero attached hydrogens (tertiary/aromatic N) is 6. The van der Waals surface area contributed by atoms with Crippen LogP contribution in [-0.4, -0.2) is 44.1 Å². The Balaban J connectivity index is 1.73. The second-order valence-corrected chi connectivity index (χ2v) is 6.89. The highest BCUT2D eigenvalue weighted by Crippen LogP contribution is 2.32. The molecule has 118 valence electrons. The van der Waals surface area contributed by atoms with Crippen molar-refractivity contribution in [3.63, 3.8) is 0 Å². The molecule has 1 aliphatic heterocycles. The van der Waals surface area contributed by atoms with Gasteiger partial charge in [-0.15, -0.1) is 10.2 Å². The summed E-state index contributed by atoms with van der Waals surface area (Å²) in [6, 6.07) is 0. The monoisotopic (exact) mass is 383 g/mol. The summed E-state index contributed by atoms with van der Waals surface area (Å²) < 4.78 is 2.82. The molecule has 1 aliphatic rings. The van der Waals surface area contributed by atoms with Crippen molar-refractivity contribution in [2.24, 2.45) is 7.05 Å². The summed E-state index contributed by atoms with van der Waals surface area (Å²) in [5.74, 6) is 2.81. The second-order valence-electron chi connectivity index (χ2n) is 5.26. The largest absolute Gasteiger partial charge is 0.368 e. The average Bonchev–Trinajstić information content (AvgIpc) is 2.88.